The Hall–Kier alpha value is -2.19. The van der Waals surface area contributed by atoms with Crippen LogP contribution in [0.25, 0.3) is 5.69 Å². The average Bonchev–Trinajstić information content (AvgIpc) is 3.15. The molecule has 3 rings (SSSR count). The first-order valence-electron chi connectivity index (χ1n) is 8.86. The smallest absolute Gasteiger partial charge is 0.466 e. The maximum Gasteiger partial charge on any atom is 0.466 e. The van der Waals surface area contributed by atoms with Crippen LogP contribution in [0, 0.1) is 5.82 Å². The lowest BCUT2D eigenvalue weighted by Gasteiger charge is -2.32. The van der Waals surface area contributed by atoms with Crippen LogP contribution in [-0.4, -0.2) is 41.2 Å². The van der Waals surface area contributed by atoms with Crippen LogP contribution in [0.1, 0.15) is 45.5 Å². The monoisotopic (exact) mass is 374 g/mol. The number of halogens is 1. The lowest BCUT2D eigenvalue weighted by molar-refractivity contribution is -0.140. The molecule has 2 aromatic rings. The van der Waals surface area contributed by atoms with Crippen molar-refractivity contribution in [2.24, 2.45) is 0 Å². The Bertz CT molecular complexity index is 821. The van der Waals surface area contributed by atoms with Gasteiger partial charge >= 0.3 is 13.1 Å². The van der Waals surface area contributed by atoms with E-state index in [1.165, 1.54) is 19.2 Å². The van der Waals surface area contributed by atoms with Gasteiger partial charge in [-0.3, -0.25) is 4.79 Å². The lowest BCUT2D eigenvalue weighted by Crippen LogP contribution is -2.41. The van der Waals surface area contributed by atoms with E-state index >= 15 is 0 Å². The van der Waals surface area contributed by atoms with Crippen molar-refractivity contribution >= 4 is 13.1 Å². The Morgan fingerprint density at radius 3 is 2.56 bits per heavy atom. The normalized spacial score (nSPS) is 19.1. The van der Waals surface area contributed by atoms with E-state index in [-0.39, 0.29) is 18.2 Å². The van der Waals surface area contributed by atoms with Gasteiger partial charge in [-0.1, -0.05) is 6.07 Å². The Morgan fingerprint density at radius 1 is 1.30 bits per heavy atom. The van der Waals surface area contributed by atoms with Crippen molar-refractivity contribution < 1.29 is 23.2 Å². The fraction of sp³-hybridized carbons (Fsp3) is 0.474. The summed E-state index contributed by atoms with van der Waals surface area (Å²) < 4.78 is 32.2. The van der Waals surface area contributed by atoms with Gasteiger partial charge in [-0.2, -0.15) is 5.10 Å². The minimum absolute atomic E-state index is 0.0855. The van der Waals surface area contributed by atoms with Gasteiger partial charge < -0.3 is 14.0 Å². The van der Waals surface area contributed by atoms with E-state index in [1.807, 2.05) is 27.7 Å². The van der Waals surface area contributed by atoms with Gasteiger partial charge in [0.15, 0.2) is 0 Å². The summed E-state index contributed by atoms with van der Waals surface area (Å²) in [6.07, 6.45) is 3.49. The van der Waals surface area contributed by atoms with Crippen molar-refractivity contribution in [3.05, 3.63) is 48.0 Å². The van der Waals surface area contributed by atoms with Gasteiger partial charge in [-0.15, -0.1) is 0 Å². The molecule has 1 aromatic heterocycles. The Kier molecular flexibility index (Phi) is 5.14. The Labute approximate surface area is 158 Å². The summed E-state index contributed by atoms with van der Waals surface area (Å²) in [5, 5.41) is 4.31. The zero-order valence-electron chi connectivity index (χ0n) is 16.2. The molecule has 0 saturated carbocycles. The van der Waals surface area contributed by atoms with E-state index in [9.17, 15) is 9.18 Å². The standard InChI is InChI=1S/C19H24BFN2O4/c1-18(2)19(3,4)27-20(26-18)16(10-17(24)25-5)13-11-22-23(12-13)15-8-6-7-14(21)9-15/h6-9,11-12,16H,10H2,1-5H3. The molecule has 0 bridgehead atoms. The molecule has 0 spiro atoms. The van der Waals surface area contributed by atoms with Crippen LogP contribution in [0.3, 0.4) is 0 Å². The highest BCUT2D eigenvalue weighted by Gasteiger charge is 2.54. The number of nitrogens with zero attached hydrogens (tertiary/aromatic N) is 2. The molecule has 1 saturated heterocycles. The third-order valence-electron chi connectivity index (χ3n) is 5.32. The molecule has 1 aliphatic heterocycles. The molecule has 144 valence electrons. The summed E-state index contributed by atoms with van der Waals surface area (Å²) in [5.74, 6) is -1.12. The van der Waals surface area contributed by atoms with Gasteiger partial charge in [0.05, 0.1) is 36.6 Å². The minimum Gasteiger partial charge on any atom is -0.469 e. The highest BCUT2D eigenvalue weighted by atomic mass is 19.1. The van der Waals surface area contributed by atoms with Crippen LogP contribution in [0.4, 0.5) is 4.39 Å². The van der Waals surface area contributed by atoms with Gasteiger partial charge in [0, 0.05) is 12.0 Å². The van der Waals surface area contributed by atoms with Crippen LogP contribution in [0.15, 0.2) is 36.7 Å². The quantitative estimate of drug-likeness (QED) is 0.594. The van der Waals surface area contributed by atoms with Crippen molar-refractivity contribution in [3.63, 3.8) is 0 Å². The summed E-state index contributed by atoms with van der Waals surface area (Å²) in [6.45, 7) is 7.83. The summed E-state index contributed by atoms with van der Waals surface area (Å²) in [5.41, 5.74) is 0.296. The van der Waals surface area contributed by atoms with Crippen LogP contribution in [0.2, 0.25) is 0 Å². The number of benzene rings is 1. The van der Waals surface area contributed by atoms with E-state index in [2.05, 4.69) is 5.10 Å². The summed E-state index contributed by atoms with van der Waals surface area (Å²) >= 11 is 0. The van der Waals surface area contributed by atoms with Crippen LogP contribution in [-0.2, 0) is 18.8 Å². The van der Waals surface area contributed by atoms with Crippen molar-refractivity contribution in [1.29, 1.82) is 0 Å². The number of rotatable bonds is 5. The summed E-state index contributed by atoms with van der Waals surface area (Å²) in [6, 6.07) is 6.13. The molecule has 0 radical (unpaired) electrons. The number of aromatic nitrogens is 2. The number of methoxy groups -OCH3 is 1. The molecule has 2 heterocycles. The first-order valence-corrected chi connectivity index (χ1v) is 8.86. The Morgan fingerprint density at radius 2 is 1.96 bits per heavy atom. The second kappa shape index (κ2) is 7.09. The van der Waals surface area contributed by atoms with Gasteiger partial charge in [0.25, 0.3) is 0 Å². The summed E-state index contributed by atoms with van der Waals surface area (Å²) in [7, 11) is 0.721. The maximum absolute atomic E-state index is 13.5. The minimum atomic E-state index is -0.626. The predicted octanol–water partition coefficient (Wildman–Crippen LogP) is 3.29. The SMILES string of the molecule is COC(=O)CC(B1OC(C)(C)C(C)(C)O1)c1cnn(-c2cccc(F)c2)c1. The van der Waals surface area contributed by atoms with E-state index < -0.39 is 24.1 Å². The molecule has 0 N–H and O–H groups in total. The van der Waals surface area contributed by atoms with Crippen molar-refractivity contribution in [1.82, 2.24) is 9.78 Å². The lowest BCUT2D eigenvalue weighted by atomic mass is 9.67. The number of hydrogen-bond donors (Lipinski definition) is 0. The second-order valence-corrected chi connectivity index (χ2v) is 7.71. The molecular formula is C19H24BFN2O4. The van der Waals surface area contributed by atoms with Gasteiger partial charge in [-0.25, -0.2) is 9.07 Å². The van der Waals surface area contributed by atoms with Gasteiger partial charge in [-0.05, 0) is 51.5 Å². The largest absolute Gasteiger partial charge is 0.469 e. The zero-order chi connectivity index (χ0) is 19.8. The third kappa shape index (κ3) is 3.91. The van der Waals surface area contributed by atoms with Crippen molar-refractivity contribution in [3.8, 4) is 5.69 Å². The molecule has 1 unspecified atom stereocenters. The van der Waals surface area contributed by atoms with Crippen LogP contribution < -0.4 is 0 Å². The molecular weight excluding hydrogens is 350 g/mol. The van der Waals surface area contributed by atoms with Crippen LogP contribution >= 0.6 is 0 Å². The number of hydrogen-bond acceptors (Lipinski definition) is 5. The van der Waals surface area contributed by atoms with Gasteiger partial charge in [0.1, 0.15) is 5.82 Å². The summed E-state index contributed by atoms with van der Waals surface area (Å²) in [4.78, 5) is 12.0. The number of carbonyl (C=O) groups excluding carboxylic acids is 1. The predicted molar refractivity (Wildman–Crippen MR) is 99.0 cm³/mol. The molecule has 1 atom stereocenters. The van der Waals surface area contributed by atoms with E-state index in [1.54, 1.807) is 29.2 Å². The maximum atomic E-state index is 13.5. The number of esters is 1. The van der Waals surface area contributed by atoms with E-state index in [0.29, 0.717) is 5.69 Å². The molecule has 0 aliphatic carbocycles. The van der Waals surface area contributed by atoms with Gasteiger partial charge in [0.2, 0.25) is 0 Å². The van der Waals surface area contributed by atoms with Crippen LogP contribution in [0.5, 0.6) is 0 Å². The Balaban J connectivity index is 1.92. The molecule has 1 aromatic carbocycles. The van der Waals surface area contributed by atoms with E-state index in [0.717, 1.165) is 5.56 Å². The first-order chi connectivity index (χ1) is 12.6. The third-order valence-corrected chi connectivity index (χ3v) is 5.32. The number of ether oxygens (including phenoxy) is 1. The molecule has 1 fully saturated rings. The highest BCUT2D eigenvalue weighted by Crippen LogP contribution is 2.41. The molecule has 1 aliphatic rings. The first kappa shape index (κ1) is 19.6. The highest BCUT2D eigenvalue weighted by molar-refractivity contribution is 6.48. The fourth-order valence-electron chi connectivity index (χ4n) is 2.98. The van der Waals surface area contributed by atoms with Crippen molar-refractivity contribution in [2.75, 3.05) is 7.11 Å². The molecule has 0 amide bonds. The topological polar surface area (TPSA) is 62.6 Å². The zero-order valence-corrected chi connectivity index (χ0v) is 16.2. The number of carbonyl (C=O) groups is 1. The fourth-order valence-corrected chi connectivity index (χ4v) is 2.98. The van der Waals surface area contributed by atoms with Crippen molar-refractivity contribution in [2.45, 2.75) is 51.1 Å². The van der Waals surface area contributed by atoms with E-state index in [4.69, 9.17) is 14.0 Å². The average molecular weight is 374 g/mol. The molecule has 8 heteroatoms. The second-order valence-electron chi connectivity index (χ2n) is 7.71. The molecule has 6 nitrogen and oxygen atoms in total. The molecule has 27 heavy (non-hydrogen) atoms.